The van der Waals surface area contributed by atoms with E-state index in [0.717, 1.165) is 15.6 Å². The number of amides is 1. The van der Waals surface area contributed by atoms with Crippen LogP contribution in [0.5, 0.6) is 0 Å². The summed E-state index contributed by atoms with van der Waals surface area (Å²) in [7, 11) is 2.91. The van der Waals surface area contributed by atoms with Gasteiger partial charge in [0.1, 0.15) is 11.3 Å². The molecule has 0 spiro atoms. The lowest BCUT2D eigenvalue weighted by Crippen LogP contribution is -2.37. The minimum atomic E-state index is -0.504. The van der Waals surface area contributed by atoms with Gasteiger partial charge in [0.2, 0.25) is 5.95 Å². The van der Waals surface area contributed by atoms with Crippen LogP contribution >= 0.6 is 0 Å². The van der Waals surface area contributed by atoms with Gasteiger partial charge >= 0.3 is 5.69 Å². The lowest BCUT2D eigenvalue weighted by molar-refractivity contribution is 0.102. The number of fused-ring (bicyclic) bond motifs is 2. The van der Waals surface area contributed by atoms with Crippen molar-refractivity contribution in [2.45, 2.75) is 13.5 Å². The molecule has 1 amide bonds. The maximum absolute atomic E-state index is 12.8. The molecule has 3 aromatic heterocycles. The predicted molar refractivity (Wildman–Crippen MR) is 106 cm³/mol. The number of pyridine rings is 1. The van der Waals surface area contributed by atoms with Crippen LogP contribution in [-0.2, 0) is 20.6 Å². The van der Waals surface area contributed by atoms with Gasteiger partial charge in [-0.05, 0) is 31.2 Å². The van der Waals surface area contributed by atoms with Gasteiger partial charge in [-0.3, -0.25) is 24.0 Å². The Kier molecular flexibility index (Phi) is 4.07. The molecular formula is C19H18N6O3. The molecule has 0 radical (unpaired) electrons. The van der Waals surface area contributed by atoms with Gasteiger partial charge in [-0.25, -0.2) is 14.8 Å². The van der Waals surface area contributed by atoms with Crippen LogP contribution in [0.4, 0.5) is 5.95 Å². The molecule has 0 saturated heterocycles. The number of aryl methyl sites for hydroxylation is 2. The van der Waals surface area contributed by atoms with Crippen LogP contribution in [0.2, 0.25) is 0 Å². The molecule has 0 aliphatic heterocycles. The molecule has 0 fully saturated rings. The fourth-order valence-corrected chi connectivity index (χ4v) is 3.24. The Morgan fingerprint density at radius 3 is 2.54 bits per heavy atom. The summed E-state index contributed by atoms with van der Waals surface area (Å²) in [5.74, 6) is -0.0616. The minimum absolute atomic E-state index is 0.0884. The van der Waals surface area contributed by atoms with Crippen molar-refractivity contribution in [3.05, 3.63) is 62.9 Å². The molecule has 3 heterocycles. The number of rotatable bonds is 3. The molecule has 4 aromatic rings. The Labute approximate surface area is 158 Å². The van der Waals surface area contributed by atoms with Crippen LogP contribution in [0.25, 0.3) is 22.1 Å². The highest BCUT2D eigenvalue weighted by atomic mass is 16.2. The zero-order valence-electron chi connectivity index (χ0n) is 15.6. The lowest BCUT2D eigenvalue weighted by Gasteiger charge is -2.09. The maximum Gasteiger partial charge on any atom is 0.332 e. The number of nitrogens with zero attached hydrogens (tertiary/aromatic N) is 5. The van der Waals surface area contributed by atoms with Crippen molar-refractivity contribution in [1.29, 1.82) is 0 Å². The molecule has 28 heavy (non-hydrogen) atoms. The van der Waals surface area contributed by atoms with Crippen molar-refractivity contribution in [1.82, 2.24) is 23.7 Å². The van der Waals surface area contributed by atoms with Crippen molar-refractivity contribution in [3.63, 3.8) is 0 Å². The Morgan fingerprint density at radius 2 is 1.79 bits per heavy atom. The molecule has 0 atom stereocenters. The SMILES string of the molecule is CCn1c(NC(=O)c2ccc3c(=O)n(C)c(=O)n(C)c3n2)nc2ccccc21. The number of benzene rings is 1. The third kappa shape index (κ3) is 2.59. The highest BCUT2D eigenvalue weighted by Crippen LogP contribution is 2.20. The number of hydrogen-bond acceptors (Lipinski definition) is 5. The quantitative estimate of drug-likeness (QED) is 0.578. The molecule has 0 aliphatic carbocycles. The van der Waals surface area contributed by atoms with E-state index in [4.69, 9.17) is 0 Å². The minimum Gasteiger partial charge on any atom is -0.310 e. The average molecular weight is 378 g/mol. The predicted octanol–water partition coefficient (Wildman–Crippen LogP) is 1.25. The van der Waals surface area contributed by atoms with Gasteiger partial charge < -0.3 is 4.57 Å². The summed E-state index contributed by atoms with van der Waals surface area (Å²) >= 11 is 0. The number of imidazole rings is 1. The van der Waals surface area contributed by atoms with Crippen molar-refractivity contribution in [2.75, 3.05) is 5.32 Å². The van der Waals surface area contributed by atoms with Gasteiger partial charge in [0.05, 0.1) is 16.4 Å². The third-order valence-corrected chi connectivity index (χ3v) is 4.73. The largest absolute Gasteiger partial charge is 0.332 e. The normalized spacial score (nSPS) is 11.2. The van der Waals surface area contributed by atoms with Crippen molar-refractivity contribution >= 4 is 33.9 Å². The highest BCUT2D eigenvalue weighted by Gasteiger charge is 2.17. The highest BCUT2D eigenvalue weighted by molar-refractivity contribution is 6.03. The lowest BCUT2D eigenvalue weighted by atomic mass is 10.2. The monoisotopic (exact) mass is 378 g/mol. The van der Waals surface area contributed by atoms with Gasteiger partial charge in [-0.15, -0.1) is 0 Å². The van der Waals surface area contributed by atoms with E-state index in [9.17, 15) is 14.4 Å². The van der Waals surface area contributed by atoms with Crippen LogP contribution < -0.4 is 16.6 Å². The number of para-hydroxylation sites is 2. The second-order valence-electron chi connectivity index (χ2n) is 6.40. The van der Waals surface area contributed by atoms with Crippen LogP contribution in [-0.4, -0.2) is 29.6 Å². The average Bonchev–Trinajstić information content (AvgIpc) is 3.07. The van der Waals surface area contributed by atoms with Crippen molar-refractivity contribution in [3.8, 4) is 0 Å². The van der Waals surface area contributed by atoms with E-state index in [-0.39, 0.29) is 16.7 Å². The molecule has 0 saturated carbocycles. The van der Waals surface area contributed by atoms with Gasteiger partial charge in [0, 0.05) is 20.6 Å². The fourth-order valence-electron chi connectivity index (χ4n) is 3.24. The number of nitrogens with one attached hydrogen (secondary N) is 1. The first-order chi connectivity index (χ1) is 13.4. The van der Waals surface area contributed by atoms with E-state index in [0.29, 0.717) is 12.5 Å². The topological polar surface area (TPSA) is 104 Å². The van der Waals surface area contributed by atoms with E-state index in [2.05, 4.69) is 15.3 Å². The molecule has 9 heteroatoms. The summed E-state index contributed by atoms with van der Waals surface area (Å²) in [4.78, 5) is 45.8. The Morgan fingerprint density at radius 1 is 1.04 bits per heavy atom. The van der Waals surface area contributed by atoms with E-state index in [1.807, 2.05) is 35.8 Å². The summed E-state index contributed by atoms with van der Waals surface area (Å²) in [5.41, 5.74) is 0.977. The van der Waals surface area contributed by atoms with Gasteiger partial charge in [-0.2, -0.15) is 0 Å². The molecule has 0 bridgehead atoms. The standard InChI is InChI=1S/C19H18N6O3/c1-4-25-14-8-6-5-7-12(14)21-18(25)22-16(26)13-10-9-11-15(20-13)23(2)19(28)24(3)17(11)27/h5-10H,4H2,1-3H3,(H,21,22,26). The van der Waals surface area contributed by atoms with Crippen LogP contribution in [0.3, 0.4) is 0 Å². The molecule has 9 nitrogen and oxygen atoms in total. The summed E-state index contributed by atoms with van der Waals surface area (Å²) in [6, 6.07) is 10.6. The van der Waals surface area contributed by atoms with Gasteiger partial charge in [0.25, 0.3) is 11.5 Å². The maximum atomic E-state index is 12.8. The second-order valence-corrected chi connectivity index (χ2v) is 6.40. The molecule has 4 rings (SSSR count). The number of aromatic nitrogens is 5. The summed E-state index contributed by atoms with van der Waals surface area (Å²) in [6.07, 6.45) is 0. The van der Waals surface area contributed by atoms with Crippen molar-refractivity contribution < 1.29 is 4.79 Å². The molecule has 142 valence electrons. The molecule has 0 unspecified atom stereocenters. The van der Waals surface area contributed by atoms with Gasteiger partial charge in [0.15, 0.2) is 0 Å². The van der Waals surface area contributed by atoms with Gasteiger partial charge in [-0.1, -0.05) is 12.1 Å². The first kappa shape index (κ1) is 17.7. The van der Waals surface area contributed by atoms with E-state index in [1.165, 1.54) is 30.8 Å². The first-order valence-electron chi connectivity index (χ1n) is 8.75. The smallest absolute Gasteiger partial charge is 0.310 e. The zero-order valence-corrected chi connectivity index (χ0v) is 15.6. The zero-order chi connectivity index (χ0) is 20.0. The Bertz CT molecular complexity index is 1360. The van der Waals surface area contributed by atoms with E-state index >= 15 is 0 Å². The van der Waals surface area contributed by atoms with E-state index < -0.39 is 17.2 Å². The van der Waals surface area contributed by atoms with Crippen molar-refractivity contribution in [2.24, 2.45) is 14.1 Å². The summed E-state index contributed by atoms with van der Waals surface area (Å²) in [6.45, 7) is 2.59. The first-order valence-corrected chi connectivity index (χ1v) is 8.75. The summed E-state index contributed by atoms with van der Waals surface area (Å²) < 4.78 is 4.14. The molecule has 0 aliphatic rings. The Hall–Kier alpha value is -3.75. The molecular weight excluding hydrogens is 360 g/mol. The summed E-state index contributed by atoms with van der Waals surface area (Å²) in [5, 5.41) is 3.04. The van der Waals surface area contributed by atoms with Crippen LogP contribution in [0.1, 0.15) is 17.4 Å². The molecule has 1 N–H and O–H groups in total. The second kappa shape index (κ2) is 6.45. The number of carbonyl (C=O) groups is 1. The number of carbonyl (C=O) groups excluding carboxylic acids is 1. The molecule has 1 aromatic carbocycles. The van der Waals surface area contributed by atoms with E-state index in [1.54, 1.807) is 0 Å². The third-order valence-electron chi connectivity index (χ3n) is 4.73. The fraction of sp³-hybridized carbons (Fsp3) is 0.211. The number of anilines is 1. The number of hydrogen-bond donors (Lipinski definition) is 1. The Balaban J connectivity index is 1.78. The van der Waals surface area contributed by atoms with Crippen LogP contribution in [0, 0.1) is 0 Å². The van der Waals surface area contributed by atoms with Crippen LogP contribution in [0.15, 0.2) is 46.0 Å².